The van der Waals surface area contributed by atoms with Crippen LogP contribution in [0.15, 0.2) is 23.8 Å². The fourth-order valence-electron chi connectivity index (χ4n) is 1.41. The van der Waals surface area contributed by atoms with Crippen LogP contribution in [-0.2, 0) is 10.2 Å². The maximum atomic E-state index is 10.5. The number of phenolic OH excluding ortho intramolecular Hbond substituents is 1. The monoisotopic (exact) mass is 218 g/mol. The van der Waals surface area contributed by atoms with Crippen molar-refractivity contribution in [3.63, 3.8) is 0 Å². The minimum Gasteiger partial charge on any atom is -0.507 e. The van der Waals surface area contributed by atoms with Gasteiger partial charge < -0.3 is 5.11 Å². The smallest absolute Gasteiger partial charge is 0.145 e. The van der Waals surface area contributed by atoms with E-state index in [0.29, 0.717) is 11.1 Å². The molecule has 1 rings (SSSR count). The molecule has 0 bridgehead atoms. The van der Waals surface area contributed by atoms with Crippen LogP contribution in [0, 0.1) is 0 Å². The minimum atomic E-state index is 0.0133. The van der Waals surface area contributed by atoms with Crippen LogP contribution < -0.4 is 0 Å². The first-order valence-electron chi connectivity index (χ1n) is 5.31. The fraction of sp³-hybridized carbons (Fsp3) is 0.357. The molecule has 0 unspecified atom stereocenters. The second-order valence-corrected chi connectivity index (χ2v) is 5.03. The summed E-state index contributed by atoms with van der Waals surface area (Å²) < 4.78 is 0. The van der Waals surface area contributed by atoms with E-state index in [-0.39, 0.29) is 11.2 Å². The number of rotatable bonds is 2. The molecule has 0 saturated heterocycles. The van der Waals surface area contributed by atoms with E-state index in [0.717, 1.165) is 11.8 Å². The average Bonchev–Trinajstić information content (AvgIpc) is 2.19. The van der Waals surface area contributed by atoms with Crippen LogP contribution in [0.5, 0.6) is 5.75 Å². The summed E-state index contributed by atoms with van der Waals surface area (Å²) in [6, 6.07) is 5.57. The molecular formula is C14H18O2. The Bertz CT molecular complexity index is 423. The van der Waals surface area contributed by atoms with Gasteiger partial charge in [0.25, 0.3) is 0 Å². The molecule has 0 radical (unpaired) electrons. The third-order valence-corrected chi connectivity index (χ3v) is 2.47. The molecule has 0 aliphatic heterocycles. The van der Waals surface area contributed by atoms with E-state index in [9.17, 15) is 9.90 Å². The van der Waals surface area contributed by atoms with E-state index in [1.54, 1.807) is 19.1 Å². The SMILES string of the molecule is C/C(C=O)=C\c1ccc(C(C)(C)C)cc1O. The van der Waals surface area contributed by atoms with Crippen molar-refractivity contribution in [2.45, 2.75) is 33.1 Å². The summed E-state index contributed by atoms with van der Waals surface area (Å²) in [6.45, 7) is 7.99. The zero-order valence-corrected chi connectivity index (χ0v) is 10.2. The third kappa shape index (κ3) is 2.96. The Morgan fingerprint density at radius 2 is 1.94 bits per heavy atom. The number of phenols is 1. The van der Waals surface area contributed by atoms with Crippen LogP contribution >= 0.6 is 0 Å². The van der Waals surface area contributed by atoms with Crippen LogP contribution in [-0.4, -0.2) is 11.4 Å². The Balaban J connectivity index is 3.15. The summed E-state index contributed by atoms with van der Waals surface area (Å²) in [4.78, 5) is 10.5. The summed E-state index contributed by atoms with van der Waals surface area (Å²) >= 11 is 0. The largest absolute Gasteiger partial charge is 0.507 e. The highest BCUT2D eigenvalue weighted by Crippen LogP contribution is 2.28. The Morgan fingerprint density at radius 1 is 1.31 bits per heavy atom. The molecule has 1 aromatic rings. The summed E-state index contributed by atoms with van der Waals surface area (Å²) in [6.07, 6.45) is 2.45. The van der Waals surface area contributed by atoms with E-state index >= 15 is 0 Å². The highest BCUT2D eigenvalue weighted by molar-refractivity contribution is 5.81. The molecule has 2 nitrogen and oxygen atoms in total. The molecule has 0 aliphatic rings. The quantitative estimate of drug-likeness (QED) is 0.611. The number of carbonyl (C=O) groups is 1. The van der Waals surface area contributed by atoms with Gasteiger partial charge in [-0.25, -0.2) is 0 Å². The summed E-state index contributed by atoms with van der Waals surface area (Å²) in [5.74, 6) is 0.216. The normalized spacial score (nSPS) is 12.6. The topological polar surface area (TPSA) is 37.3 Å². The first kappa shape index (κ1) is 12.5. The lowest BCUT2D eigenvalue weighted by Crippen LogP contribution is -2.10. The van der Waals surface area contributed by atoms with Gasteiger partial charge in [-0.2, -0.15) is 0 Å². The van der Waals surface area contributed by atoms with Crippen LogP contribution in [0.1, 0.15) is 38.8 Å². The third-order valence-electron chi connectivity index (χ3n) is 2.47. The Kier molecular flexibility index (Phi) is 3.53. The minimum absolute atomic E-state index is 0.0133. The number of carbonyl (C=O) groups excluding carboxylic acids is 1. The van der Waals surface area contributed by atoms with Crippen LogP contribution in [0.4, 0.5) is 0 Å². The van der Waals surface area contributed by atoms with Crippen molar-refractivity contribution in [2.24, 2.45) is 0 Å². The molecule has 0 aliphatic carbocycles. The molecule has 0 atom stereocenters. The molecular weight excluding hydrogens is 200 g/mol. The van der Waals surface area contributed by atoms with Gasteiger partial charge in [0.05, 0.1) is 0 Å². The van der Waals surface area contributed by atoms with Gasteiger partial charge in [0.15, 0.2) is 0 Å². The van der Waals surface area contributed by atoms with Gasteiger partial charge >= 0.3 is 0 Å². The zero-order valence-electron chi connectivity index (χ0n) is 10.2. The summed E-state index contributed by atoms with van der Waals surface area (Å²) in [5, 5.41) is 9.84. The van der Waals surface area contributed by atoms with Gasteiger partial charge in [-0.05, 0) is 35.6 Å². The predicted octanol–water partition coefficient (Wildman–Crippen LogP) is 3.29. The molecule has 0 saturated carbocycles. The van der Waals surface area contributed by atoms with Crippen LogP contribution in [0.3, 0.4) is 0 Å². The van der Waals surface area contributed by atoms with E-state index in [1.807, 2.05) is 12.1 Å². The maximum Gasteiger partial charge on any atom is 0.145 e. The molecule has 0 heterocycles. The molecule has 0 amide bonds. The average molecular weight is 218 g/mol. The lowest BCUT2D eigenvalue weighted by atomic mass is 9.86. The highest BCUT2D eigenvalue weighted by Gasteiger charge is 2.14. The van der Waals surface area contributed by atoms with Gasteiger partial charge in [-0.1, -0.05) is 32.9 Å². The van der Waals surface area contributed by atoms with Crippen molar-refractivity contribution in [3.05, 3.63) is 34.9 Å². The van der Waals surface area contributed by atoms with Gasteiger partial charge in [-0.3, -0.25) is 4.79 Å². The van der Waals surface area contributed by atoms with Crippen molar-refractivity contribution in [2.75, 3.05) is 0 Å². The first-order chi connectivity index (χ1) is 7.34. The number of hydrogen-bond acceptors (Lipinski definition) is 2. The maximum absolute atomic E-state index is 10.5. The Hall–Kier alpha value is -1.57. The molecule has 16 heavy (non-hydrogen) atoms. The molecule has 1 N–H and O–H groups in total. The van der Waals surface area contributed by atoms with Gasteiger partial charge in [0.1, 0.15) is 12.0 Å². The molecule has 1 aromatic carbocycles. The van der Waals surface area contributed by atoms with E-state index < -0.39 is 0 Å². The van der Waals surface area contributed by atoms with Crippen LogP contribution in [0.2, 0.25) is 0 Å². The van der Waals surface area contributed by atoms with Crippen molar-refractivity contribution < 1.29 is 9.90 Å². The van der Waals surface area contributed by atoms with Crippen molar-refractivity contribution in [1.82, 2.24) is 0 Å². The van der Waals surface area contributed by atoms with E-state index in [1.165, 1.54) is 0 Å². The first-order valence-corrected chi connectivity index (χ1v) is 5.31. The number of allylic oxidation sites excluding steroid dienone is 1. The molecule has 86 valence electrons. The molecule has 0 spiro atoms. The summed E-state index contributed by atoms with van der Waals surface area (Å²) in [5.41, 5.74) is 2.36. The van der Waals surface area contributed by atoms with Gasteiger partial charge in [-0.15, -0.1) is 0 Å². The number of benzene rings is 1. The highest BCUT2D eigenvalue weighted by atomic mass is 16.3. The number of aldehydes is 1. The second-order valence-electron chi connectivity index (χ2n) is 5.03. The lowest BCUT2D eigenvalue weighted by molar-refractivity contribution is -0.104. The Labute approximate surface area is 96.6 Å². The second kappa shape index (κ2) is 4.52. The van der Waals surface area contributed by atoms with Crippen molar-refractivity contribution >= 4 is 12.4 Å². The number of hydrogen-bond donors (Lipinski definition) is 1. The van der Waals surface area contributed by atoms with E-state index in [4.69, 9.17) is 0 Å². The van der Waals surface area contributed by atoms with E-state index in [2.05, 4.69) is 20.8 Å². The van der Waals surface area contributed by atoms with Crippen molar-refractivity contribution in [1.29, 1.82) is 0 Å². The fourth-order valence-corrected chi connectivity index (χ4v) is 1.41. The molecule has 0 fully saturated rings. The zero-order chi connectivity index (χ0) is 12.3. The molecule has 0 aromatic heterocycles. The predicted molar refractivity (Wildman–Crippen MR) is 66.5 cm³/mol. The Morgan fingerprint density at radius 3 is 2.38 bits per heavy atom. The van der Waals surface area contributed by atoms with Gasteiger partial charge in [0, 0.05) is 5.56 Å². The van der Waals surface area contributed by atoms with Gasteiger partial charge in [0.2, 0.25) is 0 Å². The molecule has 2 heteroatoms. The summed E-state index contributed by atoms with van der Waals surface area (Å²) in [7, 11) is 0. The lowest BCUT2D eigenvalue weighted by Gasteiger charge is -2.19. The van der Waals surface area contributed by atoms with Crippen molar-refractivity contribution in [3.8, 4) is 5.75 Å². The van der Waals surface area contributed by atoms with Crippen LogP contribution in [0.25, 0.3) is 6.08 Å². The number of aromatic hydroxyl groups is 1. The standard InChI is InChI=1S/C14H18O2/c1-10(9-15)7-11-5-6-12(8-13(11)16)14(2,3)4/h5-9,16H,1-4H3/b10-7+.